The average Bonchev–Trinajstić information content (AvgIpc) is 3.20. The summed E-state index contributed by atoms with van der Waals surface area (Å²) in [5.74, 6) is 0.710. The molecule has 0 spiro atoms. The number of nitrogens with two attached hydrogens (primary N) is 1. The van der Waals surface area contributed by atoms with Crippen LogP contribution in [0.5, 0.6) is 0 Å². The van der Waals surface area contributed by atoms with Gasteiger partial charge in [0, 0.05) is 0 Å². The van der Waals surface area contributed by atoms with Crippen LogP contribution in [0.15, 0.2) is 30.3 Å². The molecule has 3 nitrogen and oxygen atoms in total. The first-order chi connectivity index (χ1) is 8.59. The van der Waals surface area contributed by atoms with Crippen LogP contribution in [0.4, 0.5) is 0 Å². The van der Waals surface area contributed by atoms with Crippen molar-refractivity contribution in [3.05, 3.63) is 35.9 Å². The van der Waals surface area contributed by atoms with Crippen LogP contribution < -0.4 is 11.1 Å². The fraction of sp³-hybridized carbons (Fsp3) is 0.533. The van der Waals surface area contributed by atoms with Gasteiger partial charge in [0.1, 0.15) is 0 Å². The third-order valence-corrected chi connectivity index (χ3v) is 3.57. The lowest BCUT2D eigenvalue weighted by Gasteiger charge is -2.22. The van der Waals surface area contributed by atoms with Crippen LogP contribution in [0, 0.1) is 11.8 Å². The fourth-order valence-electron chi connectivity index (χ4n) is 2.12. The minimum absolute atomic E-state index is 0.0363. The lowest BCUT2D eigenvalue weighted by atomic mass is 10.00. The van der Waals surface area contributed by atoms with E-state index in [-0.39, 0.29) is 17.9 Å². The van der Waals surface area contributed by atoms with Crippen molar-refractivity contribution in [3.63, 3.8) is 0 Å². The molecular formula is C15H22N2O. The standard InChI is InChI=1S/C15H22N2O/c1-10(2)13(16)15(18)17-14(12-8-9-12)11-6-4-3-5-7-11/h3-7,10,12-14H,8-9,16H2,1-2H3,(H,17,18). The van der Waals surface area contributed by atoms with Crippen molar-refractivity contribution in [3.8, 4) is 0 Å². The fourth-order valence-corrected chi connectivity index (χ4v) is 2.12. The number of carbonyl (C=O) groups excluding carboxylic acids is 1. The van der Waals surface area contributed by atoms with Gasteiger partial charge in [0.15, 0.2) is 0 Å². The summed E-state index contributed by atoms with van der Waals surface area (Å²) in [6, 6.07) is 9.88. The SMILES string of the molecule is CC(C)C(N)C(=O)NC(c1ccccc1)C1CC1. The number of hydrogen-bond donors (Lipinski definition) is 2. The molecule has 1 aromatic carbocycles. The van der Waals surface area contributed by atoms with E-state index >= 15 is 0 Å². The van der Waals surface area contributed by atoms with Crippen molar-refractivity contribution < 1.29 is 4.79 Å². The van der Waals surface area contributed by atoms with Crippen LogP contribution in [0.3, 0.4) is 0 Å². The van der Waals surface area contributed by atoms with Crippen LogP contribution in [-0.2, 0) is 4.79 Å². The highest BCUT2D eigenvalue weighted by molar-refractivity contribution is 5.82. The Morgan fingerprint density at radius 3 is 2.39 bits per heavy atom. The van der Waals surface area contributed by atoms with E-state index in [4.69, 9.17) is 5.73 Å². The van der Waals surface area contributed by atoms with Crippen LogP contribution in [0.25, 0.3) is 0 Å². The summed E-state index contributed by atoms with van der Waals surface area (Å²) in [7, 11) is 0. The predicted octanol–water partition coefficient (Wildman–Crippen LogP) is 2.24. The van der Waals surface area contributed by atoms with Gasteiger partial charge in [0.2, 0.25) is 5.91 Å². The van der Waals surface area contributed by atoms with Crippen LogP contribution in [0.1, 0.15) is 38.3 Å². The molecule has 0 heterocycles. The van der Waals surface area contributed by atoms with Crippen LogP contribution >= 0.6 is 0 Å². The molecule has 1 amide bonds. The molecule has 0 aromatic heterocycles. The second-order valence-corrected chi connectivity index (χ2v) is 5.50. The average molecular weight is 246 g/mol. The van der Waals surface area contributed by atoms with E-state index in [1.807, 2.05) is 32.0 Å². The van der Waals surface area contributed by atoms with Crippen molar-refractivity contribution in [1.29, 1.82) is 0 Å². The molecule has 2 atom stereocenters. The number of amides is 1. The normalized spacial score (nSPS) is 18.4. The second kappa shape index (κ2) is 5.53. The summed E-state index contributed by atoms with van der Waals surface area (Å²) >= 11 is 0. The van der Waals surface area contributed by atoms with E-state index in [1.165, 1.54) is 18.4 Å². The zero-order valence-electron chi connectivity index (χ0n) is 11.1. The summed E-state index contributed by atoms with van der Waals surface area (Å²) in [4.78, 5) is 12.1. The number of benzene rings is 1. The highest BCUT2D eigenvalue weighted by atomic mass is 16.2. The summed E-state index contributed by atoms with van der Waals surface area (Å²) in [5, 5.41) is 3.11. The van der Waals surface area contributed by atoms with E-state index in [1.54, 1.807) is 0 Å². The highest BCUT2D eigenvalue weighted by Gasteiger charge is 2.34. The number of rotatable bonds is 5. The maximum Gasteiger partial charge on any atom is 0.237 e. The third kappa shape index (κ3) is 3.10. The molecule has 1 fully saturated rings. The molecule has 1 aliphatic rings. The quantitative estimate of drug-likeness (QED) is 0.837. The van der Waals surface area contributed by atoms with Crippen molar-refractivity contribution in [2.75, 3.05) is 0 Å². The summed E-state index contributed by atoms with van der Waals surface area (Å²) in [6.45, 7) is 3.94. The van der Waals surface area contributed by atoms with E-state index < -0.39 is 6.04 Å². The molecule has 0 saturated heterocycles. The molecule has 2 unspecified atom stereocenters. The molecule has 3 heteroatoms. The van der Waals surface area contributed by atoms with Gasteiger partial charge in [-0.2, -0.15) is 0 Å². The molecule has 0 aliphatic heterocycles. The lowest BCUT2D eigenvalue weighted by Crippen LogP contribution is -2.45. The third-order valence-electron chi connectivity index (χ3n) is 3.57. The Bertz CT molecular complexity index is 398. The maximum atomic E-state index is 12.1. The van der Waals surface area contributed by atoms with Gasteiger partial charge >= 0.3 is 0 Å². The van der Waals surface area contributed by atoms with E-state index in [2.05, 4.69) is 17.4 Å². The molecule has 98 valence electrons. The van der Waals surface area contributed by atoms with Gasteiger partial charge in [-0.05, 0) is 30.2 Å². The Kier molecular flexibility index (Phi) is 4.02. The van der Waals surface area contributed by atoms with Gasteiger partial charge in [0.05, 0.1) is 12.1 Å². The largest absolute Gasteiger partial charge is 0.348 e. The van der Waals surface area contributed by atoms with Gasteiger partial charge in [-0.3, -0.25) is 4.79 Å². The molecule has 18 heavy (non-hydrogen) atoms. The van der Waals surface area contributed by atoms with Crippen molar-refractivity contribution in [2.24, 2.45) is 17.6 Å². The Morgan fingerprint density at radius 1 is 1.28 bits per heavy atom. The first-order valence-electron chi connectivity index (χ1n) is 6.70. The number of carbonyl (C=O) groups is 1. The molecule has 2 rings (SSSR count). The van der Waals surface area contributed by atoms with Gasteiger partial charge < -0.3 is 11.1 Å². The molecule has 0 radical (unpaired) electrons. The summed E-state index contributed by atoms with van der Waals surface area (Å²) < 4.78 is 0. The smallest absolute Gasteiger partial charge is 0.237 e. The first kappa shape index (κ1) is 13.1. The molecule has 1 aromatic rings. The first-order valence-corrected chi connectivity index (χ1v) is 6.70. The van der Waals surface area contributed by atoms with E-state index in [9.17, 15) is 4.79 Å². The Balaban J connectivity index is 2.06. The minimum atomic E-state index is -0.421. The van der Waals surface area contributed by atoms with E-state index in [0.717, 1.165) is 0 Å². The van der Waals surface area contributed by atoms with Crippen LogP contribution in [0.2, 0.25) is 0 Å². The van der Waals surface area contributed by atoms with Gasteiger partial charge in [-0.25, -0.2) is 0 Å². The molecular weight excluding hydrogens is 224 g/mol. The van der Waals surface area contributed by atoms with Crippen molar-refractivity contribution in [1.82, 2.24) is 5.32 Å². The van der Waals surface area contributed by atoms with Crippen LogP contribution in [-0.4, -0.2) is 11.9 Å². The second-order valence-electron chi connectivity index (χ2n) is 5.50. The highest BCUT2D eigenvalue weighted by Crippen LogP contribution is 2.40. The van der Waals surface area contributed by atoms with E-state index in [0.29, 0.717) is 5.92 Å². The molecule has 1 aliphatic carbocycles. The van der Waals surface area contributed by atoms with Gasteiger partial charge in [-0.15, -0.1) is 0 Å². The monoisotopic (exact) mass is 246 g/mol. The van der Waals surface area contributed by atoms with Crippen molar-refractivity contribution in [2.45, 2.75) is 38.8 Å². The molecule has 1 saturated carbocycles. The van der Waals surface area contributed by atoms with Crippen molar-refractivity contribution >= 4 is 5.91 Å². The lowest BCUT2D eigenvalue weighted by molar-refractivity contribution is -0.124. The summed E-state index contributed by atoms with van der Waals surface area (Å²) in [6.07, 6.45) is 2.38. The predicted molar refractivity (Wildman–Crippen MR) is 72.9 cm³/mol. The van der Waals surface area contributed by atoms with Gasteiger partial charge in [0.25, 0.3) is 0 Å². The van der Waals surface area contributed by atoms with Gasteiger partial charge in [-0.1, -0.05) is 44.2 Å². The Labute approximate surface area is 109 Å². The number of hydrogen-bond acceptors (Lipinski definition) is 2. The Morgan fingerprint density at radius 2 is 1.89 bits per heavy atom. The minimum Gasteiger partial charge on any atom is -0.348 e. The zero-order valence-corrected chi connectivity index (χ0v) is 11.1. The molecule has 0 bridgehead atoms. The number of nitrogens with one attached hydrogen (secondary N) is 1. The zero-order chi connectivity index (χ0) is 13.1. The topological polar surface area (TPSA) is 55.1 Å². The maximum absolute atomic E-state index is 12.1. The molecule has 3 N–H and O–H groups in total. The Hall–Kier alpha value is -1.35. The summed E-state index contributed by atoms with van der Waals surface area (Å²) in [5.41, 5.74) is 7.08.